The number of rotatable bonds is 8. The highest BCUT2D eigenvalue weighted by atomic mass is 16.2. The number of hydrogen-bond donors (Lipinski definition) is 1. The molecule has 1 saturated heterocycles. The van der Waals surface area contributed by atoms with Gasteiger partial charge in [0.15, 0.2) is 0 Å². The molecule has 1 aliphatic carbocycles. The molecule has 1 atom stereocenters. The Bertz CT molecular complexity index is 651. The predicted octanol–water partition coefficient (Wildman–Crippen LogP) is 1.49. The first-order chi connectivity index (χ1) is 13.1. The Morgan fingerprint density at radius 3 is 2.48 bits per heavy atom. The van der Waals surface area contributed by atoms with Gasteiger partial charge in [-0.2, -0.15) is 0 Å². The van der Waals surface area contributed by atoms with Gasteiger partial charge in [0.2, 0.25) is 11.8 Å². The number of nitrogens with zero attached hydrogens (tertiary/aromatic N) is 3. The van der Waals surface area contributed by atoms with Gasteiger partial charge in [-0.3, -0.25) is 19.4 Å². The Hall–Kier alpha value is -2.18. The summed E-state index contributed by atoms with van der Waals surface area (Å²) < 4.78 is 0. The zero-order valence-corrected chi connectivity index (χ0v) is 16.1. The minimum Gasteiger partial charge on any atom is -0.352 e. The summed E-state index contributed by atoms with van der Waals surface area (Å²) >= 11 is 0. The summed E-state index contributed by atoms with van der Waals surface area (Å²) in [5, 5.41) is 3.08. The standard InChI is InChI=1S/C21H30N4O2/c1-3-11-25(19-7-5-4-6-8-19)20(26)16-23-12-14-24(15-13-23)17(2)21(27)22-18-9-10-18/h3-8,17-18H,1,9-16H2,2H3,(H,22,27). The molecule has 6 nitrogen and oxygen atoms in total. The average molecular weight is 370 g/mol. The van der Waals surface area contributed by atoms with Crippen LogP contribution in [0.2, 0.25) is 0 Å². The molecular formula is C21H30N4O2. The van der Waals surface area contributed by atoms with Gasteiger partial charge in [0.05, 0.1) is 12.6 Å². The number of para-hydroxylation sites is 1. The fourth-order valence-electron chi connectivity index (χ4n) is 3.39. The van der Waals surface area contributed by atoms with Gasteiger partial charge in [-0.1, -0.05) is 24.3 Å². The number of piperazine rings is 1. The normalized spacial score (nSPS) is 19.3. The molecule has 0 spiro atoms. The molecule has 2 fully saturated rings. The summed E-state index contributed by atoms with van der Waals surface area (Å²) in [4.78, 5) is 31.2. The van der Waals surface area contributed by atoms with Crippen LogP contribution in [0.25, 0.3) is 0 Å². The Labute approximate surface area is 161 Å². The molecule has 1 heterocycles. The second-order valence-corrected chi connectivity index (χ2v) is 7.40. The van der Waals surface area contributed by atoms with Crippen LogP contribution in [0, 0.1) is 0 Å². The molecule has 1 N–H and O–H groups in total. The van der Waals surface area contributed by atoms with E-state index in [2.05, 4.69) is 21.7 Å². The van der Waals surface area contributed by atoms with E-state index < -0.39 is 0 Å². The van der Waals surface area contributed by atoms with Crippen molar-refractivity contribution in [1.29, 1.82) is 0 Å². The van der Waals surface area contributed by atoms with Crippen molar-refractivity contribution in [2.75, 3.05) is 44.2 Å². The lowest BCUT2D eigenvalue weighted by Gasteiger charge is -2.37. The van der Waals surface area contributed by atoms with Gasteiger partial charge in [-0.05, 0) is 31.9 Å². The predicted molar refractivity (Wildman–Crippen MR) is 108 cm³/mol. The summed E-state index contributed by atoms with van der Waals surface area (Å²) in [6, 6.07) is 9.99. The molecule has 1 aromatic rings. The highest BCUT2D eigenvalue weighted by molar-refractivity contribution is 5.95. The van der Waals surface area contributed by atoms with Gasteiger partial charge in [-0.25, -0.2) is 0 Å². The summed E-state index contributed by atoms with van der Waals surface area (Å²) in [6.45, 7) is 9.84. The van der Waals surface area contributed by atoms with Crippen molar-refractivity contribution in [2.45, 2.75) is 31.8 Å². The maximum absolute atomic E-state index is 12.8. The van der Waals surface area contributed by atoms with Gasteiger partial charge in [0.25, 0.3) is 0 Å². The molecule has 2 aliphatic rings. The topological polar surface area (TPSA) is 55.9 Å². The first-order valence-corrected chi connectivity index (χ1v) is 9.81. The van der Waals surface area contributed by atoms with Crippen LogP contribution in [-0.2, 0) is 9.59 Å². The Balaban J connectivity index is 1.49. The summed E-state index contributed by atoms with van der Waals surface area (Å²) in [5.74, 6) is 0.206. The lowest BCUT2D eigenvalue weighted by atomic mass is 10.2. The highest BCUT2D eigenvalue weighted by Gasteiger charge is 2.30. The third kappa shape index (κ3) is 5.40. The fraction of sp³-hybridized carbons (Fsp3) is 0.524. The first kappa shape index (κ1) is 19.6. The van der Waals surface area contributed by atoms with Crippen LogP contribution in [-0.4, -0.2) is 73.0 Å². The lowest BCUT2D eigenvalue weighted by Crippen LogP contribution is -2.55. The molecule has 1 aliphatic heterocycles. The van der Waals surface area contributed by atoms with E-state index in [4.69, 9.17) is 0 Å². The number of anilines is 1. The van der Waals surface area contributed by atoms with Crippen LogP contribution in [0.15, 0.2) is 43.0 Å². The fourth-order valence-corrected chi connectivity index (χ4v) is 3.39. The highest BCUT2D eigenvalue weighted by Crippen LogP contribution is 2.19. The van der Waals surface area contributed by atoms with E-state index in [0.29, 0.717) is 19.1 Å². The van der Waals surface area contributed by atoms with Crippen molar-refractivity contribution in [3.63, 3.8) is 0 Å². The van der Waals surface area contributed by atoms with Crippen LogP contribution in [0.5, 0.6) is 0 Å². The molecule has 0 aromatic heterocycles. The number of amides is 2. The van der Waals surface area contributed by atoms with Gasteiger partial charge < -0.3 is 10.2 Å². The van der Waals surface area contributed by atoms with E-state index in [1.54, 1.807) is 11.0 Å². The smallest absolute Gasteiger partial charge is 0.241 e. The molecular weight excluding hydrogens is 340 g/mol. The molecule has 0 radical (unpaired) electrons. The van der Waals surface area contributed by atoms with Crippen LogP contribution in [0.1, 0.15) is 19.8 Å². The second-order valence-electron chi connectivity index (χ2n) is 7.40. The molecule has 146 valence electrons. The average Bonchev–Trinajstić information content (AvgIpc) is 3.50. The van der Waals surface area contributed by atoms with E-state index in [9.17, 15) is 9.59 Å². The van der Waals surface area contributed by atoms with Crippen LogP contribution >= 0.6 is 0 Å². The quantitative estimate of drug-likeness (QED) is 0.705. The Morgan fingerprint density at radius 1 is 1.22 bits per heavy atom. The van der Waals surface area contributed by atoms with E-state index in [0.717, 1.165) is 44.7 Å². The Morgan fingerprint density at radius 2 is 1.89 bits per heavy atom. The maximum Gasteiger partial charge on any atom is 0.241 e. The molecule has 3 rings (SSSR count). The van der Waals surface area contributed by atoms with Crippen molar-refractivity contribution >= 4 is 17.5 Å². The second kappa shape index (κ2) is 9.15. The number of carbonyl (C=O) groups excluding carboxylic acids is 2. The zero-order chi connectivity index (χ0) is 19.2. The van der Waals surface area contributed by atoms with Crippen LogP contribution in [0.3, 0.4) is 0 Å². The third-order valence-electron chi connectivity index (χ3n) is 5.30. The number of hydrogen-bond acceptors (Lipinski definition) is 4. The molecule has 1 unspecified atom stereocenters. The van der Waals surface area contributed by atoms with E-state index in [-0.39, 0.29) is 17.9 Å². The van der Waals surface area contributed by atoms with Gasteiger partial charge >= 0.3 is 0 Å². The minimum atomic E-state index is -0.106. The number of benzene rings is 1. The minimum absolute atomic E-state index is 0.0778. The summed E-state index contributed by atoms with van der Waals surface area (Å²) in [7, 11) is 0. The van der Waals surface area contributed by atoms with Crippen molar-refractivity contribution in [1.82, 2.24) is 15.1 Å². The molecule has 1 saturated carbocycles. The number of carbonyl (C=O) groups is 2. The molecule has 27 heavy (non-hydrogen) atoms. The zero-order valence-electron chi connectivity index (χ0n) is 16.1. The van der Waals surface area contributed by atoms with Crippen molar-refractivity contribution < 1.29 is 9.59 Å². The van der Waals surface area contributed by atoms with Crippen molar-refractivity contribution in [2.24, 2.45) is 0 Å². The summed E-state index contributed by atoms with van der Waals surface area (Å²) in [5.41, 5.74) is 0.895. The first-order valence-electron chi connectivity index (χ1n) is 9.81. The lowest BCUT2D eigenvalue weighted by molar-refractivity contribution is -0.127. The van der Waals surface area contributed by atoms with E-state index in [1.807, 2.05) is 37.3 Å². The Kier molecular flexibility index (Phi) is 6.63. The third-order valence-corrected chi connectivity index (χ3v) is 5.30. The number of nitrogens with one attached hydrogen (secondary N) is 1. The maximum atomic E-state index is 12.8. The summed E-state index contributed by atoms with van der Waals surface area (Å²) in [6.07, 6.45) is 3.97. The van der Waals surface area contributed by atoms with E-state index in [1.165, 1.54) is 0 Å². The van der Waals surface area contributed by atoms with Gasteiger partial charge in [0, 0.05) is 44.5 Å². The molecule has 0 bridgehead atoms. The monoisotopic (exact) mass is 370 g/mol. The molecule has 1 aromatic carbocycles. The molecule has 6 heteroatoms. The van der Waals surface area contributed by atoms with Crippen LogP contribution in [0.4, 0.5) is 5.69 Å². The van der Waals surface area contributed by atoms with E-state index >= 15 is 0 Å². The van der Waals surface area contributed by atoms with Crippen molar-refractivity contribution in [3.8, 4) is 0 Å². The van der Waals surface area contributed by atoms with Gasteiger partial charge in [-0.15, -0.1) is 6.58 Å². The van der Waals surface area contributed by atoms with Crippen molar-refractivity contribution in [3.05, 3.63) is 43.0 Å². The molecule has 2 amide bonds. The van der Waals surface area contributed by atoms with Gasteiger partial charge in [0.1, 0.15) is 0 Å². The largest absolute Gasteiger partial charge is 0.352 e. The SMILES string of the molecule is C=CCN(C(=O)CN1CCN(C(C)C(=O)NC2CC2)CC1)c1ccccc1. The van der Waals surface area contributed by atoms with Crippen LogP contribution < -0.4 is 10.2 Å².